The molecule has 6 nitrogen and oxygen atoms in total. The van der Waals surface area contributed by atoms with E-state index in [-0.39, 0.29) is 29.7 Å². The van der Waals surface area contributed by atoms with Crippen LogP contribution in [0, 0.1) is 11.8 Å². The van der Waals surface area contributed by atoms with Gasteiger partial charge in [-0.15, -0.1) is 0 Å². The number of benzene rings is 1. The van der Waals surface area contributed by atoms with Crippen LogP contribution in [0.25, 0.3) is 0 Å². The summed E-state index contributed by atoms with van der Waals surface area (Å²) in [5.41, 5.74) is 2.18. The molecular weight excluding hydrogens is 412 g/mol. The Balaban J connectivity index is 1.50. The van der Waals surface area contributed by atoms with Crippen LogP contribution >= 0.6 is 0 Å². The van der Waals surface area contributed by atoms with Gasteiger partial charge in [-0.2, -0.15) is 0 Å². The molecule has 33 heavy (non-hydrogen) atoms. The first kappa shape index (κ1) is 23.5. The molecule has 1 aliphatic carbocycles. The highest BCUT2D eigenvalue weighted by molar-refractivity contribution is 5.89. The number of hydrogen-bond acceptors (Lipinski definition) is 3. The number of rotatable bonds is 8. The summed E-state index contributed by atoms with van der Waals surface area (Å²) in [5, 5.41) is 3.17. The monoisotopic (exact) mass is 450 g/mol. The van der Waals surface area contributed by atoms with Crippen LogP contribution in [0.15, 0.2) is 42.9 Å². The molecule has 2 fully saturated rings. The number of likely N-dealkylation sites (tertiary alicyclic amines) is 1. The van der Waals surface area contributed by atoms with Gasteiger partial charge in [0.2, 0.25) is 11.8 Å². The fraction of sp³-hybridized carbons (Fsp3) is 0.593. The van der Waals surface area contributed by atoms with Gasteiger partial charge in [0.15, 0.2) is 0 Å². The molecular formula is C27H38N4O2. The SMILES string of the molecule is CC[C@@H](C)C(=O)N[C@H](C(=O)N1CCC[C@H]1c1cn(Cc2ccccc2)cn1)C1CCCCC1. The Bertz CT molecular complexity index is 919. The van der Waals surface area contributed by atoms with E-state index in [9.17, 15) is 9.59 Å². The van der Waals surface area contributed by atoms with E-state index in [1.54, 1.807) is 0 Å². The highest BCUT2D eigenvalue weighted by Crippen LogP contribution is 2.34. The number of carbonyl (C=O) groups excluding carboxylic acids is 2. The van der Waals surface area contributed by atoms with Crippen LogP contribution in [0.5, 0.6) is 0 Å². The van der Waals surface area contributed by atoms with Crippen LogP contribution in [-0.2, 0) is 16.1 Å². The molecule has 2 aromatic rings. The molecule has 2 amide bonds. The van der Waals surface area contributed by atoms with E-state index in [2.05, 4.69) is 33.2 Å². The first-order valence-electron chi connectivity index (χ1n) is 12.7. The molecule has 0 bridgehead atoms. The van der Waals surface area contributed by atoms with Crippen LogP contribution in [0.1, 0.15) is 82.5 Å². The van der Waals surface area contributed by atoms with E-state index >= 15 is 0 Å². The molecule has 6 heteroatoms. The summed E-state index contributed by atoms with van der Waals surface area (Å²) < 4.78 is 2.09. The van der Waals surface area contributed by atoms with Crippen molar-refractivity contribution in [2.24, 2.45) is 11.8 Å². The van der Waals surface area contributed by atoms with Gasteiger partial charge in [-0.1, -0.05) is 63.4 Å². The van der Waals surface area contributed by atoms with Gasteiger partial charge in [0.1, 0.15) is 6.04 Å². The number of carbonyl (C=O) groups is 2. The molecule has 0 spiro atoms. The number of amides is 2. The van der Waals surface area contributed by atoms with Crippen molar-refractivity contribution in [3.63, 3.8) is 0 Å². The lowest BCUT2D eigenvalue weighted by atomic mass is 9.83. The predicted molar refractivity (Wildman–Crippen MR) is 129 cm³/mol. The Labute approximate surface area is 197 Å². The van der Waals surface area contributed by atoms with E-state index in [1.807, 2.05) is 43.3 Å². The largest absolute Gasteiger partial charge is 0.344 e. The van der Waals surface area contributed by atoms with E-state index in [4.69, 9.17) is 0 Å². The van der Waals surface area contributed by atoms with Crippen LogP contribution in [0.4, 0.5) is 0 Å². The second-order valence-corrected chi connectivity index (χ2v) is 9.84. The molecule has 4 rings (SSSR count). The first-order valence-corrected chi connectivity index (χ1v) is 12.7. The maximum Gasteiger partial charge on any atom is 0.246 e. The molecule has 1 N–H and O–H groups in total. The van der Waals surface area contributed by atoms with Gasteiger partial charge in [0.25, 0.3) is 0 Å². The minimum absolute atomic E-state index is 0.00399. The minimum atomic E-state index is -0.418. The van der Waals surface area contributed by atoms with Gasteiger partial charge >= 0.3 is 0 Å². The average Bonchev–Trinajstić information content (AvgIpc) is 3.52. The van der Waals surface area contributed by atoms with Crippen molar-refractivity contribution >= 4 is 11.8 Å². The number of nitrogens with zero attached hydrogens (tertiary/aromatic N) is 3. The molecule has 0 unspecified atom stereocenters. The number of nitrogens with one attached hydrogen (secondary N) is 1. The first-order chi connectivity index (χ1) is 16.1. The summed E-state index contributed by atoms with van der Waals surface area (Å²) in [5.74, 6) is 0.242. The molecule has 2 heterocycles. The zero-order valence-corrected chi connectivity index (χ0v) is 20.1. The van der Waals surface area contributed by atoms with Gasteiger partial charge < -0.3 is 14.8 Å². The molecule has 3 atom stereocenters. The quantitative estimate of drug-likeness (QED) is 0.634. The van der Waals surface area contributed by atoms with Crippen molar-refractivity contribution in [3.8, 4) is 0 Å². The Morgan fingerprint density at radius 2 is 1.85 bits per heavy atom. The lowest BCUT2D eigenvalue weighted by molar-refractivity contribution is -0.140. The van der Waals surface area contributed by atoms with Crippen LogP contribution in [0.2, 0.25) is 0 Å². The topological polar surface area (TPSA) is 67.2 Å². The standard InChI is InChI=1S/C27H38N4O2/c1-3-20(2)26(32)29-25(22-13-8-5-9-14-22)27(33)31-16-10-15-24(31)23-18-30(19-28-23)17-21-11-6-4-7-12-21/h4,6-7,11-12,18-20,22,24-25H,3,5,8-10,13-17H2,1-2H3,(H,29,32)/t20-,24+,25+/m1/s1. The molecule has 0 radical (unpaired) electrons. The molecule has 1 aromatic heterocycles. The number of hydrogen-bond donors (Lipinski definition) is 1. The molecule has 1 saturated heterocycles. The van der Waals surface area contributed by atoms with Crippen molar-refractivity contribution in [1.29, 1.82) is 0 Å². The van der Waals surface area contributed by atoms with Gasteiger partial charge in [-0.3, -0.25) is 9.59 Å². The van der Waals surface area contributed by atoms with E-state index in [1.165, 1.54) is 12.0 Å². The second kappa shape index (κ2) is 11.0. The Hall–Kier alpha value is -2.63. The summed E-state index contributed by atoms with van der Waals surface area (Å²) in [6.07, 6.45) is 12.2. The second-order valence-electron chi connectivity index (χ2n) is 9.84. The van der Waals surface area contributed by atoms with Crippen molar-refractivity contribution in [3.05, 3.63) is 54.1 Å². The third-order valence-corrected chi connectivity index (χ3v) is 7.48. The fourth-order valence-corrected chi connectivity index (χ4v) is 5.28. The van der Waals surface area contributed by atoms with Crippen molar-refractivity contribution in [2.75, 3.05) is 6.54 Å². The molecule has 1 saturated carbocycles. The lowest BCUT2D eigenvalue weighted by Gasteiger charge is -2.35. The van der Waals surface area contributed by atoms with Gasteiger partial charge in [-0.05, 0) is 43.6 Å². The van der Waals surface area contributed by atoms with Crippen molar-refractivity contribution < 1.29 is 9.59 Å². The molecule has 178 valence electrons. The molecule has 1 aliphatic heterocycles. The third kappa shape index (κ3) is 5.66. The average molecular weight is 451 g/mol. The maximum atomic E-state index is 13.8. The lowest BCUT2D eigenvalue weighted by Crippen LogP contribution is -2.53. The number of imidazole rings is 1. The van der Waals surface area contributed by atoms with E-state index in [0.717, 1.165) is 63.7 Å². The zero-order chi connectivity index (χ0) is 23.2. The zero-order valence-electron chi connectivity index (χ0n) is 20.1. The van der Waals surface area contributed by atoms with Crippen LogP contribution in [0.3, 0.4) is 0 Å². The summed E-state index contributed by atoms with van der Waals surface area (Å²) in [6.45, 7) is 5.46. The smallest absolute Gasteiger partial charge is 0.246 e. The Morgan fingerprint density at radius 3 is 2.58 bits per heavy atom. The number of aromatic nitrogens is 2. The highest BCUT2D eigenvalue weighted by Gasteiger charge is 2.39. The van der Waals surface area contributed by atoms with E-state index < -0.39 is 6.04 Å². The Morgan fingerprint density at radius 1 is 1.09 bits per heavy atom. The fourth-order valence-electron chi connectivity index (χ4n) is 5.28. The van der Waals surface area contributed by atoms with Gasteiger partial charge in [-0.25, -0.2) is 4.98 Å². The van der Waals surface area contributed by atoms with Gasteiger partial charge in [0.05, 0.1) is 18.1 Å². The van der Waals surface area contributed by atoms with Crippen molar-refractivity contribution in [1.82, 2.24) is 19.8 Å². The highest BCUT2D eigenvalue weighted by atomic mass is 16.2. The third-order valence-electron chi connectivity index (χ3n) is 7.48. The molecule has 2 aliphatic rings. The summed E-state index contributed by atoms with van der Waals surface area (Å²) >= 11 is 0. The molecule has 1 aromatic carbocycles. The van der Waals surface area contributed by atoms with Crippen molar-refractivity contribution in [2.45, 2.75) is 83.8 Å². The van der Waals surface area contributed by atoms with Gasteiger partial charge in [0, 0.05) is 25.2 Å². The summed E-state index contributed by atoms with van der Waals surface area (Å²) in [6, 6.07) is 9.90. The normalized spacial score (nSPS) is 21.0. The predicted octanol–water partition coefficient (Wildman–Crippen LogP) is 4.71. The van der Waals surface area contributed by atoms with Crippen LogP contribution in [-0.4, -0.2) is 38.9 Å². The Kier molecular flexibility index (Phi) is 7.84. The van der Waals surface area contributed by atoms with E-state index in [0.29, 0.717) is 0 Å². The minimum Gasteiger partial charge on any atom is -0.344 e. The summed E-state index contributed by atoms with van der Waals surface area (Å²) in [4.78, 5) is 33.3. The maximum absolute atomic E-state index is 13.8. The summed E-state index contributed by atoms with van der Waals surface area (Å²) in [7, 11) is 0. The van der Waals surface area contributed by atoms with Crippen LogP contribution < -0.4 is 5.32 Å².